The van der Waals surface area contributed by atoms with Crippen LogP contribution in [0.4, 0.5) is 4.39 Å². The topological polar surface area (TPSA) is 38.0 Å². The van der Waals surface area contributed by atoms with Crippen molar-refractivity contribution in [3.63, 3.8) is 0 Å². The number of nitrogens with two attached hydrogens (primary N) is 1. The molecule has 0 fully saturated rings. The highest BCUT2D eigenvalue weighted by Gasteiger charge is 2.21. The average molecular weight is 455 g/mol. The van der Waals surface area contributed by atoms with Crippen molar-refractivity contribution in [1.82, 2.24) is 5.43 Å². The van der Waals surface area contributed by atoms with Gasteiger partial charge in [-0.1, -0.05) is 35.9 Å². The molecule has 1 unspecified atom stereocenters. The Morgan fingerprint density at radius 3 is 2.53 bits per heavy atom. The molecule has 2 aromatic carbocycles. The van der Waals surface area contributed by atoms with E-state index < -0.39 is 11.9 Å². The number of rotatable bonds is 3. The van der Waals surface area contributed by atoms with Gasteiger partial charge in [0, 0.05) is 13.6 Å². The molecule has 0 saturated heterocycles. The van der Waals surface area contributed by atoms with Gasteiger partial charge in [-0.2, -0.15) is 0 Å². The van der Waals surface area contributed by atoms with Crippen LogP contribution in [0.2, 0.25) is 5.02 Å². The molecule has 19 heavy (non-hydrogen) atoms. The zero-order chi connectivity index (χ0) is 14.0. The summed E-state index contributed by atoms with van der Waals surface area (Å²) in [5.41, 5.74) is 3.97. The van der Waals surface area contributed by atoms with Gasteiger partial charge < -0.3 is 0 Å². The molecule has 2 aromatic rings. The molecule has 0 bridgehead atoms. The first kappa shape index (κ1) is 15.2. The molecule has 3 N–H and O–H groups in total. The summed E-state index contributed by atoms with van der Waals surface area (Å²) in [6.07, 6.45) is 0. The lowest BCUT2D eigenvalue weighted by atomic mass is 9.99. The van der Waals surface area contributed by atoms with Gasteiger partial charge in [-0.3, -0.25) is 5.84 Å². The summed E-state index contributed by atoms with van der Waals surface area (Å²) < 4.78 is 15.8. The highest BCUT2D eigenvalue weighted by atomic mass is 127. The van der Waals surface area contributed by atoms with Crippen LogP contribution in [0.15, 0.2) is 40.9 Å². The van der Waals surface area contributed by atoms with Crippen LogP contribution in [0.25, 0.3) is 0 Å². The average Bonchev–Trinajstić information content (AvgIpc) is 2.41. The normalized spacial score (nSPS) is 12.5. The van der Waals surface area contributed by atoms with Gasteiger partial charge in [0.2, 0.25) is 0 Å². The Labute approximate surface area is 137 Å². The van der Waals surface area contributed by atoms with Crippen LogP contribution in [0.1, 0.15) is 17.2 Å². The Hall–Kier alpha value is -0.210. The maximum atomic E-state index is 14.3. The fourth-order valence-electron chi connectivity index (χ4n) is 1.82. The van der Waals surface area contributed by atoms with Crippen LogP contribution in [0.5, 0.6) is 0 Å². The Bertz CT molecular complexity index is 609. The lowest BCUT2D eigenvalue weighted by Gasteiger charge is -2.19. The fourth-order valence-corrected chi connectivity index (χ4v) is 3.00. The van der Waals surface area contributed by atoms with Crippen molar-refractivity contribution >= 4 is 50.1 Å². The van der Waals surface area contributed by atoms with E-state index in [2.05, 4.69) is 43.9 Å². The third-order valence-electron chi connectivity index (χ3n) is 2.76. The molecule has 2 rings (SSSR count). The van der Waals surface area contributed by atoms with E-state index in [0.29, 0.717) is 10.0 Å². The van der Waals surface area contributed by atoms with E-state index in [1.165, 1.54) is 0 Å². The first-order valence-electron chi connectivity index (χ1n) is 5.40. The third-order valence-corrected chi connectivity index (χ3v) is 5.00. The van der Waals surface area contributed by atoms with Crippen molar-refractivity contribution in [2.24, 2.45) is 5.84 Å². The molecule has 0 saturated carbocycles. The van der Waals surface area contributed by atoms with E-state index in [1.807, 2.05) is 24.3 Å². The quantitative estimate of drug-likeness (QED) is 0.312. The fraction of sp³-hybridized carbons (Fsp3) is 0.0769. The summed E-state index contributed by atoms with van der Waals surface area (Å²) in [6.45, 7) is 0. The number of benzene rings is 2. The van der Waals surface area contributed by atoms with Crippen LogP contribution in [0, 0.1) is 9.39 Å². The summed E-state index contributed by atoms with van der Waals surface area (Å²) in [7, 11) is 0. The minimum Gasteiger partial charge on any atom is -0.271 e. The van der Waals surface area contributed by atoms with Crippen molar-refractivity contribution in [2.45, 2.75) is 6.04 Å². The van der Waals surface area contributed by atoms with Gasteiger partial charge in [-0.05, 0) is 56.2 Å². The summed E-state index contributed by atoms with van der Waals surface area (Å²) in [6, 6.07) is 10.6. The van der Waals surface area contributed by atoms with Gasteiger partial charge in [0.05, 0.1) is 11.1 Å². The highest BCUT2D eigenvalue weighted by Crippen LogP contribution is 2.33. The van der Waals surface area contributed by atoms with E-state index >= 15 is 0 Å². The lowest BCUT2D eigenvalue weighted by Crippen LogP contribution is -2.30. The smallest absolute Gasteiger partial charge is 0.148 e. The Kier molecular flexibility index (Phi) is 5.19. The maximum absolute atomic E-state index is 14.3. The van der Waals surface area contributed by atoms with Crippen molar-refractivity contribution in [1.29, 1.82) is 0 Å². The van der Waals surface area contributed by atoms with Crippen LogP contribution >= 0.6 is 50.1 Å². The van der Waals surface area contributed by atoms with E-state index in [9.17, 15) is 4.39 Å². The monoisotopic (exact) mass is 454 g/mol. The third kappa shape index (κ3) is 3.11. The predicted molar refractivity (Wildman–Crippen MR) is 87.4 cm³/mol. The molecular formula is C13H10BrClFIN2. The van der Waals surface area contributed by atoms with Crippen LogP contribution in [-0.2, 0) is 0 Å². The lowest BCUT2D eigenvalue weighted by molar-refractivity contribution is 0.559. The molecule has 1 atom stereocenters. The molecule has 0 spiro atoms. The first-order valence-corrected chi connectivity index (χ1v) is 7.65. The van der Waals surface area contributed by atoms with Crippen LogP contribution in [-0.4, -0.2) is 0 Å². The minimum atomic E-state index is -0.473. The Morgan fingerprint density at radius 2 is 1.89 bits per heavy atom. The van der Waals surface area contributed by atoms with Crippen molar-refractivity contribution in [3.8, 4) is 0 Å². The van der Waals surface area contributed by atoms with Gasteiger partial charge in [0.15, 0.2) is 0 Å². The molecule has 100 valence electrons. The van der Waals surface area contributed by atoms with Crippen LogP contribution < -0.4 is 11.3 Å². The standard InChI is InChI=1S/C13H10BrClFIN2/c14-9-6-5-8(12(16)11(9)15)13(19-18)7-3-1-2-4-10(7)17/h1-6,13,19H,18H2. The van der Waals surface area contributed by atoms with Gasteiger partial charge in [-0.15, -0.1) is 0 Å². The van der Waals surface area contributed by atoms with E-state index in [4.69, 9.17) is 17.4 Å². The SMILES string of the molecule is NNC(c1ccccc1I)c1ccc(Br)c(Cl)c1F. The van der Waals surface area contributed by atoms with E-state index in [1.54, 1.807) is 12.1 Å². The second-order valence-electron chi connectivity index (χ2n) is 3.89. The zero-order valence-corrected chi connectivity index (χ0v) is 14.1. The number of hydrazine groups is 1. The number of nitrogens with one attached hydrogen (secondary N) is 1. The molecular weight excluding hydrogens is 445 g/mol. The van der Waals surface area contributed by atoms with Crippen molar-refractivity contribution in [2.75, 3.05) is 0 Å². The summed E-state index contributed by atoms with van der Waals surface area (Å²) >= 11 is 11.3. The molecule has 0 heterocycles. The zero-order valence-electron chi connectivity index (χ0n) is 9.63. The predicted octanol–water partition coefficient (Wildman–Crippen LogP) is 4.40. The summed E-state index contributed by atoms with van der Waals surface area (Å²) in [5, 5.41) is 0.0590. The summed E-state index contributed by atoms with van der Waals surface area (Å²) in [4.78, 5) is 0. The Morgan fingerprint density at radius 1 is 1.21 bits per heavy atom. The Balaban J connectivity index is 2.55. The highest BCUT2D eigenvalue weighted by molar-refractivity contribution is 14.1. The van der Waals surface area contributed by atoms with E-state index in [-0.39, 0.29) is 5.02 Å². The van der Waals surface area contributed by atoms with Gasteiger partial charge in [-0.25, -0.2) is 9.82 Å². The van der Waals surface area contributed by atoms with Crippen molar-refractivity contribution < 1.29 is 4.39 Å². The van der Waals surface area contributed by atoms with E-state index in [0.717, 1.165) is 9.13 Å². The largest absolute Gasteiger partial charge is 0.271 e. The maximum Gasteiger partial charge on any atom is 0.148 e. The molecule has 0 radical (unpaired) electrons. The summed E-state index contributed by atoms with van der Waals surface area (Å²) in [5.74, 6) is 5.11. The number of hydrogen-bond acceptors (Lipinski definition) is 2. The van der Waals surface area contributed by atoms with Gasteiger partial charge in [0.25, 0.3) is 0 Å². The van der Waals surface area contributed by atoms with Gasteiger partial charge >= 0.3 is 0 Å². The van der Waals surface area contributed by atoms with Gasteiger partial charge in [0.1, 0.15) is 5.82 Å². The molecule has 0 aromatic heterocycles. The number of hydrogen-bond donors (Lipinski definition) is 2. The molecule has 2 nitrogen and oxygen atoms in total. The molecule has 0 aliphatic heterocycles. The first-order chi connectivity index (χ1) is 9.06. The molecule has 6 heteroatoms. The molecule has 0 aliphatic carbocycles. The van der Waals surface area contributed by atoms with Crippen molar-refractivity contribution in [3.05, 3.63) is 66.4 Å². The molecule has 0 aliphatic rings. The second kappa shape index (κ2) is 6.49. The second-order valence-corrected chi connectivity index (χ2v) is 6.28. The number of halogens is 4. The minimum absolute atomic E-state index is 0.0590. The van der Waals surface area contributed by atoms with Crippen LogP contribution in [0.3, 0.4) is 0 Å². The molecule has 0 amide bonds.